The number of hydrogen-bond acceptors (Lipinski definition) is 4. The van der Waals surface area contributed by atoms with Crippen molar-refractivity contribution in [1.82, 2.24) is 15.3 Å². The van der Waals surface area contributed by atoms with E-state index in [4.69, 9.17) is 5.73 Å². The van der Waals surface area contributed by atoms with Crippen molar-refractivity contribution in [3.05, 3.63) is 34.2 Å². The first-order valence-corrected chi connectivity index (χ1v) is 5.49. The van der Waals surface area contributed by atoms with Gasteiger partial charge in [0.05, 0.1) is 17.1 Å². The van der Waals surface area contributed by atoms with Gasteiger partial charge in [0.1, 0.15) is 0 Å². The lowest BCUT2D eigenvalue weighted by Gasteiger charge is -2.09. The van der Waals surface area contributed by atoms with Crippen molar-refractivity contribution >= 4 is 11.0 Å². The minimum atomic E-state index is -0.522. The molecule has 0 spiro atoms. The van der Waals surface area contributed by atoms with Gasteiger partial charge in [-0.3, -0.25) is 0 Å². The highest BCUT2D eigenvalue weighted by molar-refractivity contribution is 5.74. The number of aliphatic hydroxyl groups is 1. The molecule has 92 valence electrons. The molecule has 0 saturated carbocycles. The first-order chi connectivity index (χ1) is 8.19. The van der Waals surface area contributed by atoms with Gasteiger partial charge in [-0.25, -0.2) is 4.79 Å². The molecule has 6 nitrogen and oxygen atoms in total. The Morgan fingerprint density at radius 3 is 2.88 bits per heavy atom. The number of nitrogens with two attached hydrogens (primary N) is 1. The number of aliphatic hydroxyl groups excluding tert-OH is 1. The van der Waals surface area contributed by atoms with Crippen molar-refractivity contribution in [1.29, 1.82) is 0 Å². The second-order valence-electron chi connectivity index (χ2n) is 3.98. The number of aromatic amines is 2. The molecule has 0 saturated heterocycles. The molecule has 1 aromatic heterocycles. The van der Waals surface area contributed by atoms with Gasteiger partial charge in [-0.2, -0.15) is 0 Å². The molecule has 0 aliphatic carbocycles. The Kier molecular flexibility index (Phi) is 3.58. The summed E-state index contributed by atoms with van der Waals surface area (Å²) < 4.78 is 0. The van der Waals surface area contributed by atoms with Crippen LogP contribution in [0.1, 0.15) is 5.56 Å². The van der Waals surface area contributed by atoms with Gasteiger partial charge >= 0.3 is 5.69 Å². The number of H-pyrrole nitrogens is 2. The zero-order chi connectivity index (χ0) is 12.3. The Morgan fingerprint density at radius 1 is 1.35 bits per heavy atom. The van der Waals surface area contributed by atoms with Crippen molar-refractivity contribution in [3.63, 3.8) is 0 Å². The van der Waals surface area contributed by atoms with Crippen LogP contribution in [0.3, 0.4) is 0 Å². The maximum absolute atomic E-state index is 11.1. The number of imidazole rings is 1. The minimum Gasteiger partial charge on any atom is -0.390 e. The predicted octanol–water partition coefficient (Wildman–Crippen LogP) is -0.735. The standard InChI is InChI=1S/C11H16N4O2/c12-4-8(16)6-13-5-7-1-2-9-10(3-7)15-11(17)14-9/h1-3,8,13,16H,4-6,12H2,(H2,14,15,17). The molecule has 0 aliphatic rings. The largest absolute Gasteiger partial charge is 0.390 e. The van der Waals surface area contributed by atoms with Gasteiger partial charge in [0, 0.05) is 19.6 Å². The smallest absolute Gasteiger partial charge is 0.323 e. The van der Waals surface area contributed by atoms with Crippen LogP contribution in [0.5, 0.6) is 0 Å². The van der Waals surface area contributed by atoms with Gasteiger partial charge in [0.15, 0.2) is 0 Å². The van der Waals surface area contributed by atoms with E-state index in [1.54, 1.807) is 0 Å². The topological polar surface area (TPSA) is 107 Å². The fourth-order valence-corrected chi connectivity index (χ4v) is 1.66. The third kappa shape index (κ3) is 2.94. The van der Waals surface area contributed by atoms with E-state index < -0.39 is 6.10 Å². The Morgan fingerprint density at radius 2 is 2.12 bits per heavy atom. The van der Waals surface area contributed by atoms with E-state index in [1.165, 1.54) is 0 Å². The molecule has 0 fully saturated rings. The zero-order valence-electron chi connectivity index (χ0n) is 9.36. The Balaban J connectivity index is 2.01. The summed E-state index contributed by atoms with van der Waals surface area (Å²) in [5.41, 5.74) is 7.71. The van der Waals surface area contributed by atoms with Crippen LogP contribution in [0.2, 0.25) is 0 Å². The number of benzene rings is 1. The van der Waals surface area contributed by atoms with Crippen molar-refractivity contribution in [2.24, 2.45) is 5.73 Å². The second kappa shape index (κ2) is 5.13. The molecule has 2 rings (SSSR count). The number of hydrogen-bond donors (Lipinski definition) is 5. The van der Waals surface area contributed by atoms with E-state index in [2.05, 4.69) is 15.3 Å². The summed E-state index contributed by atoms with van der Waals surface area (Å²) in [5.74, 6) is 0. The molecular weight excluding hydrogens is 220 g/mol. The molecular formula is C11H16N4O2. The molecule has 1 aromatic carbocycles. The average molecular weight is 236 g/mol. The Labute approximate surface area is 97.8 Å². The van der Waals surface area contributed by atoms with E-state index in [1.807, 2.05) is 18.2 Å². The van der Waals surface area contributed by atoms with E-state index in [-0.39, 0.29) is 12.2 Å². The lowest BCUT2D eigenvalue weighted by atomic mass is 10.2. The molecule has 0 bridgehead atoms. The lowest BCUT2D eigenvalue weighted by Crippen LogP contribution is -2.32. The lowest BCUT2D eigenvalue weighted by molar-refractivity contribution is 0.179. The highest BCUT2D eigenvalue weighted by Gasteiger charge is 2.02. The van der Waals surface area contributed by atoms with Crippen LogP contribution in [0.25, 0.3) is 11.0 Å². The van der Waals surface area contributed by atoms with E-state index >= 15 is 0 Å². The van der Waals surface area contributed by atoms with Crippen molar-refractivity contribution in [3.8, 4) is 0 Å². The van der Waals surface area contributed by atoms with Crippen molar-refractivity contribution < 1.29 is 5.11 Å². The van der Waals surface area contributed by atoms with Crippen LogP contribution in [0, 0.1) is 0 Å². The molecule has 2 aromatic rings. The first kappa shape index (κ1) is 11.8. The van der Waals surface area contributed by atoms with Gasteiger partial charge in [-0.1, -0.05) is 6.07 Å². The number of rotatable bonds is 5. The van der Waals surface area contributed by atoms with Gasteiger partial charge in [0.25, 0.3) is 0 Å². The van der Waals surface area contributed by atoms with Crippen LogP contribution >= 0.6 is 0 Å². The van der Waals surface area contributed by atoms with Crippen LogP contribution in [0.15, 0.2) is 23.0 Å². The number of fused-ring (bicyclic) bond motifs is 1. The summed E-state index contributed by atoms with van der Waals surface area (Å²) in [6.07, 6.45) is -0.522. The maximum atomic E-state index is 11.1. The average Bonchev–Trinajstić information content (AvgIpc) is 2.68. The molecule has 1 atom stereocenters. The monoisotopic (exact) mass is 236 g/mol. The summed E-state index contributed by atoms with van der Waals surface area (Å²) in [6, 6.07) is 5.67. The normalized spacial score (nSPS) is 13.1. The molecule has 1 heterocycles. The summed E-state index contributed by atoms with van der Waals surface area (Å²) in [7, 11) is 0. The fourth-order valence-electron chi connectivity index (χ4n) is 1.66. The molecule has 6 heteroatoms. The van der Waals surface area contributed by atoms with Crippen LogP contribution < -0.4 is 16.7 Å². The van der Waals surface area contributed by atoms with Crippen LogP contribution in [0.4, 0.5) is 0 Å². The van der Waals surface area contributed by atoms with E-state index in [9.17, 15) is 9.90 Å². The summed E-state index contributed by atoms with van der Waals surface area (Å²) in [4.78, 5) is 16.5. The van der Waals surface area contributed by atoms with Crippen molar-refractivity contribution in [2.75, 3.05) is 13.1 Å². The van der Waals surface area contributed by atoms with Crippen LogP contribution in [-0.2, 0) is 6.54 Å². The molecule has 0 radical (unpaired) electrons. The second-order valence-corrected chi connectivity index (χ2v) is 3.98. The fraction of sp³-hybridized carbons (Fsp3) is 0.364. The Hall–Kier alpha value is -1.63. The van der Waals surface area contributed by atoms with Gasteiger partial charge in [-0.15, -0.1) is 0 Å². The van der Waals surface area contributed by atoms with Gasteiger partial charge in [-0.05, 0) is 17.7 Å². The first-order valence-electron chi connectivity index (χ1n) is 5.49. The third-order valence-electron chi connectivity index (χ3n) is 2.56. The van der Waals surface area contributed by atoms with E-state index in [0.29, 0.717) is 13.1 Å². The SMILES string of the molecule is NCC(O)CNCc1ccc2[nH]c(=O)[nH]c2c1. The van der Waals surface area contributed by atoms with Gasteiger partial charge in [0.2, 0.25) is 0 Å². The molecule has 0 amide bonds. The zero-order valence-corrected chi connectivity index (χ0v) is 9.36. The highest BCUT2D eigenvalue weighted by Crippen LogP contribution is 2.09. The van der Waals surface area contributed by atoms with Crippen LogP contribution in [-0.4, -0.2) is 34.3 Å². The number of aromatic nitrogens is 2. The molecule has 6 N–H and O–H groups in total. The minimum absolute atomic E-state index is 0.205. The number of nitrogens with one attached hydrogen (secondary N) is 3. The van der Waals surface area contributed by atoms with Gasteiger partial charge < -0.3 is 26.1 Å². The molecule has 1 unspecified atom stereocenters. The Bertz CT molecular complexity index is 546. The summed E-state index contributed by atoms with van der Waals surface area (Å²) >= 11 is 0. The molecule has 0 aliphatic heterocycles. The predicted molar refractivity (Wildman–Crippen MR) is 65.7 cm³/mol. The summed E-state index contributed by atoms with van der Waals surface area (Å²) in [6.45, 7) is 1.33. The summed E-state index contributed by atoms with van der Waals surface area (Å²) in [5, 5.41) is 12.4. The quantitative estimate of drug-likeness (QED) is 0.471. The molecule has 17 heavy (non-hydrogen) atoms. The van der Waals surface area contributed by atoms with E-state index in [0.717, 1.165) is 16.6 Å². The third-order valence-corrected chi connectivity index (χ3v) is 2.56. The maximum Gasteiger partial charge on any atom is 0.323 e. The van der Waals surface area contributed by atoms with Crippen molar-refractivity contribution in [2.45, 2.75) is 12.6 Å². The highest BCUT2D eigenvalue weighted by atomic mass is 16.3.